The van der Waals surface area contributed by atoms with Crippen molar-refractivity contribution in [1.82, 2.24) is 15.4 Å². The van der Waals surface area contributed by atoms with Crippen LogP contribution in [0.4, 0.5) is 9.18 Å². The van der Waals surface area contributed by atoms with Gasteiger partial charge in [-0.1, -0.05) is 60.9 Å². The molecule has 2 amide bonds. The van der Waals surface area contributed by atoms with Gasteiger partial charge >= 0.3 is 6.03 Å². The SMILES string of the molecule is CC1(C)SC(=S)N(/N=C/c2c(F)cccc2Cl)C1N(O)C(=O)NC1CCCCC1. The lowest BCUT2D eigenvalue weighted by Gasteiger charge is -2.35. The van der Waals surface area contributed by atoms with Crippen LogP contribution >= 0.6 is 35.6 Å². The summed E-state index contributed by atoms with van der Waals surface area (Å²) < 4.78 is 13.8. The number of halogens is 2. The Morgan fingerprint density at radius 1 is 1.45 bits per heavy atom. The molecule has 3 rings (SSSR count). The van der Waals surface area contributed by atoms with Crippen LogP contribution in [0.15, 0.2) is 23.3 Å². The van der Waals surface area contributed by atoms with Gasteiger partial charge < -0.3 is 5.32 Å². The van der Waals surface area contributed by atoms with Crippen molar-refractivity contribution < 1.29 is 14.4 Å². The number of nitrogens with one attached hydrogen (secondary N) is 1. The van der Waals surface area contributed by atoms with E-state index >= 15 is 0 Å². The number of nitrogens with zero attached hydrogens (tertiary/aromatic N) is 3. The molecule has 0 bridgehead atoms. The summed E-state index contributed by atoms with van der Waals surface area (Å²) in [6, 6.07) is 3.79. The number of urea groups is 1. The van der Waals surface area contributed by atoms with Crippen LogP contribution in [0.2, 0.25) is 5.02 Å². The predicted molar refractivity (Wildman–Crippen MR) is 118 cm³/mol. The van der Waals surface area contributed by atoms with Crippen LogP contribution in [0.25, 0.3) is 0 Å². The minimum absolute atomic E-state index is 0.0455. The summed E-state index contributed by atoms with van der Waals surface area (Å²) in [5, 5.41) is 20.1. The molecule has 1 aliphatic heterocycles. The van der Waals surface area contributed by atoms with Crippen molar-refractivity contribution in [3.05, 3.63) is 34.6 Å². The van der Waals surface area contributed by atoms with Gasteiger partial charge in [-0.05, 0) is 38.8 Å². The van der Waals surface area contributed by atoms with Gasteiger partial charge in [-0.2, -0.15) is 10.2 Å². The lowest BCUT2D eigenvalue weighted by molar-refractivity contribution is -0.119. The number of hydrazone groups is 1. The summed E-state index contributed by atoms with van der Waals surface area (Å²) in [6.07, 6.45) is 5.48. The Labute approximate surface area is 184 Å². The molecule has 1 aromatic carbocycles. The van der Waals surface area contributed by atoms with Crippen molar-refractivity contribution in [2.45, 2.75) is 62.9 Å². The molecule has 0 radical (unpaired) electrons. The van der Waals surface area contributed by atoms with Crippen LogP contribution in [0, 0.1) is 5.82 Å². The number of carbonyl (C=O) groups excluding carboxylic acids is 1. The molecule has 0 spiro atoms. The maximum Gasteiger partial charge on any atom is 0.343 e. The lowest BCUT2D eigenvalue weighted by Crippen LogP contribution is -2.57. The number of carbonyl (C=O) groups is 1. The van der Waals surface area contributed by atoms with E-state index in [1.54, 1.807) is 6.07 Å². The van der Waals surface area contributed by atoms with E-state index in [0.29, 0.717) is 9.38 Å². The summed E-state index contributed by atoms with van der Waals surface area (Å²) in [5.41, 5.74) is 0.113. The third-order valence-electron chi connectivity index (χ3n) is 5.07. The third kappa shape index (κ3) is 5.02. The normalized spacial score (nSPS) is 22.3. The summed E-state index contributed by atoms with van der Waals surface area (Å²) in [5.74, 6) is -0.522. The zero-order valence-electron chi connectivity index (χ0n) is 16.3. The van der Waals surface area contributed by atoms with E-state index in [4.69, 9.17) is 23.8 Å². The number of hydrogen-bond acceptors (Lipinski definition) is 5. The summed E-state index contributed by atoms with van der Waals surface area (Å²) in [6.45, 7) is 3.72. The molecule has 2 fully saturated rings. The molecule has 1 heterocycles. The minimum atomic E-state index is -0.856. The van der Waals surface area contributed by atoms with E-state index < -0.39 is 22.8 Å². The van der Waals surface area contributed by atoms with Crippen LogP contribution < -0.4 is 5.32 Å². The average molecular weight is 459 g/mol. The Bertz CT molecular complexity index is 797. The summed E-state index contributed by atoms with van der Waals surface area (Å²) in [7, 11) is 0. The van der Waals surface area contributed by atoms with Crippen LogP contribution in [0.5, 0.6) is 0 Å². The van der Waals surface area contributed by atoms with Gasteiger partial charge in [0.1, 0.15) is 5.82 Å². The fourth-order valence-corrected chi connectivity index (χ4v) is 5.58. The lowest BCUT2D eigenvalue weighted by atomic mass is 9.96. The molecule has 29 heavy (non-hydrogen) atoms. The highest BCUT2D eigenvalue weighted by molar-refractivity contribution is 8.24. The van der Waals surface area contributed by atoms with Gasteiger partial charge in [0.2, 0.25) is 0 Å². The topological polar surface area (TPSA) is 68.2 Å². The smallest absolute Gasteiger partial charge is 0.333 e. The van der Waals surface area contributed by atoms with Crippen molar-refractivity contribution in [2.75, 3.05) is 0 Å². The van der Waals surface area contributed by atoms with Crippen molar-refractivity contribution >= 4 is 52.1 Å². The van der Waals surface area contributed by atoms with Crippen molar-refractivity contribution in [3.8, 4) is 0 Å². The van der Waals surface area contributed by atoms with Gasteiger partial charge in [-0.3, -0.25) is 5.21 Å². The number of hydrogen-bond donors (Lipinski definition) is 2. The average Bonchev–Trinajstić information content (AvgIpc) is 2.89. The number of thioether (sulfide) groups is 1. The molecule has 158 valence electrons. The molecule has 1 aromatic rings. The minimum Gasteiger partial charge on any atom is -0.333 e. The summed E-state index contributed by atoms with van der Waals surface area (Å²) >= 11 is 12.8. The van der Waals surface area contributed by atoms with Crippen LogP contribution in [0.1, 0.15) is 51.5 Å². The number of rotatable bonds is 4. The Balaban J connectivity index is 1.80. The first-order valence-electron chi connectivity index (χ1n) is 9.49. The molecule has 10 heteroatoms. The number of thiocarbonyl (C=S) groups is 1. The molecule has 1 aliphatic carbocycles. The van der Waals surface area contributed by atoms with E-state index in [9.17, 15) is 14.4 Å². The number of benzene rings is 1. The molecule has 2 N–H and O–H groups in total. The Hall–Kier alpha value is -1.42. The fraction of sp³-hybridized carbons (Fsp3) is 0.526. The molecule has 1 saturated heterocycles. The number of amides is 2. The monoisotopic (exact) mass is 458 g/mol. The highest BCUT2D eigenvalue weighted by atomic mass is 35.5. The van der Waals surface area contributed by atoms with Crippen molar-refractivity contribution in [3.63, 3.8) is 0 Å². The molecular formula is C19H24ClFN4O2S2. The second-order valence-corrected chi connectivity index (χ2v) is 10.4. The summed E-state index contributed by atoms with van der Waals surface area (Å²) in [4.78, 5) is 12.7. The molecule has 2 aliphatic rings. The largest absolute Gasteiger partial charge is 0.343 e. The maximum atomic E-state index is 14.1. The molecule has 1 saturated carbocycles. The van der Waals surface area contributed by atoms with Crippen LogP contribution in [-0.4, -0.2) is 48.8 Å². The van der Waals surface area contributed by atoms with Crippen molar-refractivity contribution in [2.24, 2.45) is 5.10 Å². The van der Waals surface area contributed by atoms with Crippen LogP contribution in [0.3, 0.4) is 0 Å². The predicted octanol–water partition coefficient (Wildman–Crippen LogP) is 4.98. The van der Waals surface area contributed by atoms with E-state index in [-0.39, 0.29) is 16.6 Å². The second kappa shape index (κ2) is 9.16. The highest BCUT2D eigenvalue weighted by Gasteiger charge is 2.50. The molecular weight excluding hydrogens is 435 g/mol. The van der Waals surface area contributed by atoms with E-state index in [2.05, 4.69) is 10.4 Å². The van der Waals surface area contributed by atoms with Gasteiger partial charge in [0.15, 0.2) is 10.5 Å². The number of hydroxylamine groups is 2. The first-order valence-corrected chi connectivity index (χ1v) is 11.1. The highest BCUT2D eigenvalue weighted by Crippen LogP contribution is 2.42. The van der Waals surface area contributed by atoms with Gasteiger partial charge in [0, 0.05) is 11.6 Å². The van der Waals surface area contributed by atoms with Gasteiger partial charge in [0.25, 0.3) is 0 Å². The first kappa shape index (κ1) is 22.3. The van der Waals surface area contributed by atoms with Gasteiger partial charge in [0.05, 0.1) is 16.0 Å². The van der Waals surface area contributed by atoms with Crippen LogP contribution in [-0.2, 0) is 0 Å². The van der Waals surface area contributed by atoms with E-state index in [1.807, 2.05) is 13.8 Å². The maximum absolute atomic E-state index is 14.1. The van der Waals surface area contributed by atoms with Crippen molar-refractivity contribution in [1.29, 1.82) is 0 Å². The fourth-order valence-electron chi connectivity index (χ4n) is 3.58. The molecule has 6 nitrogen and oxygen atoms in total. The molecule has 1 unspecified atom stereocenters. The molecule has 1 atom stereocenters. The second-order valence-electron chi connectivity index (χ2n) is 7.70. The zero-order valence-corrected chi connectivity index (χ0v) is 18.7. The third-order valence-corrected chi connectivity index (χ3v) is 6.94. The van der Waals surface area contributed by atoms with Gasteiger partial charge in [-0.15, -0.1) is 0 Å². The molecule has 0 aromatic heterocycles. The Morgan fingerprint density at radius 2 is 2.14 bits per heavy atom. The van der Waals surface area contributed by atoms with E-state index in [1.165, 1.54) is 35.1 Å². The quantitative estimate of drug-likeness (QED) is 0.288. The van der Waals surface area contributed by atoms with E-state index in [0.717, 1.165) is 32.1 Å². The Morgan fingerprint density at radius 3 is 2.79 bits per heavy atom. The Kier molecular flexibility index (Phi) is 7.03. The standard InChI is InChI=1S/C19H24ClFN4O2S2/c1-19(2)16(25(27)17(26)23-12-7-4-3-5-8-12)24(18(28)29-19)22-11-13-14(20)9-6-10-15(13)21/h6,9-12,16,27H,3-5,7-8H2,1-2H3,(H,23,26)/b22-11+. The first-order chi connectivity index (χ1) is 13.7. The van der Waals surface area contributed by atoms with Gasteiger partial charge in [-0.25, -0.2) is 14.2 Å². The zero-order chi connectivity index (χ0) is 21.2.